The molecule has 1 atom stereocenters. The highest BCUT2D eigenvalue weighted by atomic mass is 28.4. The molecular formula is C17H26OSi. The summed E-state index contributed by atoms with van der Waals surface area (Å²) in [5, 5.41) is 0. The van der Waals surface area contributed by atoms with E-state index in [9.17, 15) is 0 Å². The van der Waals surface area contributed by atoms with Gasteiger partial charge in [0.1, 0.15) is 0 Å². The molecule has 0 aliphatic heterocycles. The van der Waals surface area contributed by atoms with Crippen LogP contribution in [-0.2, 0) is 4.43 Å². The first kappa shape index (κ1) is 14.5. The minimum atomic E-state index is -1.63. The first-order valence-electron chi connectivity index (χ1n) is 7.19. The molecule has 0 aromatic carbocycles. The molecule has 1 nitrogen and oxygen atoms in total. The van der Waals surface area contributed by atoms with Crippen molar-refractivity contribution in [1.82, 2.24) is 0 Å². The van der Waals surface area contributed by atoms with E-state index in [-0.39, 0.29) is 6.10 Å². The molecule has 0 saturated heterocycles. The minimum absolute atomic E-state index is 0.179. The maximum atomic E-state index is 6.56. The van der Waals surface area contributed by atoms with Gasteiger partial charge in [-0.3, -0.25) is 0 Å². The van der Waals surface area contributed by atoms with Crippen molar-refractivity contribution in [3.8, 4) is 0 Å². The molecule has 0 N–H and O–H groups in total. The number of rotatable bonds is 3. The van der Waals surface area contributed by atoms with Crippen LogP contribution in [0.2, 0.25) is 18.6 Å². The van der Waals surface area contributed by atoms with Gasteiger partial charge in [-0.15, -0.1) is 0 Å². The lowest BCUT2D eigenvalue weighted by Crippen LogP contribution is -2.40. The van der Waals surface area contributed by atoms with E-state index in [4.69, 9.17) is 4.43 Å². The first-order valence-corrected chi connectivity index (χ1v) is 10.2. The summed E-state index contributed by atoms with van der Waals surface area (Å²) in [6, 6.07) is 0. The molecule has 1 unspecified atom stereocenters. The zero-order chi connectivity index (χ0) is 14.4. The van der Waals surface area contributed by atoms with E-state index in [1.807, 2.05) is 0 Å². The number of fused-ring (bicyclic) bond motifs is 1. The fourth-order valence-corrected chi connectivity index (χ4v) is 3.80. The van der Waals surface area contributed by atoms with Crippen LogP contribution in [0.1, 0.15) is 34.6 Å². The topological polar surface area (TPSA) is 9.23 Å². The summed E-state index contributed by atoms with van der Waals surface area (Å²) in [7, 11) is -1.63. The summed E-state index contributed by atoms with van der Waals surface area (Å²) < 4.78 is 6.56. The summed E-state index contributed by atoms with van der Waals surface area (Å²) in [6.07, 6.45) is 7.03. The zero-order valence-corrected chi connectivity index (χ0v) is 14.3. The van der Waals surface area contributed by atoms with Crippen molar-refractivity contribution in [1.29, 1.82) is 0 Å². The predicted octanol–water partition coefficient (Wildman–Crippen LogP) is 5.15. The van der Waals surface area contributed by atoms with E-state index in [0.29, 0.717) is 5.54 Å². The monoisotopic (exact) mass is 274 g/mol. The average molecular weight is 274 g/mol. The van der Waals surface area contributed by atoms with Crippen LogP contribution in [0.25, 0.3) is 0 Å². The summed E-state index contributed by atoms with van der Waals surface area (Å²) in [5.74, 6) is 0. The molecule has 0 fully saturated rings. The Morgan fingerprint density at radius 3 is 2.26 bits per heavy atom. The largest absolute Gasteiger partial charge is 0.407 e. The number of allylic oxidation sites excluding steroid dienone is 6. The fourth-order valence-electron chi connectivity index (χ4n) is 2.56. The Hall–Kier alpha value is -0.863. The molecule has 0 radical (unpaired) electrons. The van der Waals surface area contributed by atoms with Crippen LogP contribution in [0.4, 0.5) is 0 Å². The summed E-state index contributed by atoms with van der Waals surface area (Å²) in [6.45, 7) is 15.8. The molecule has 0 aromatic rings. The third-order valence-electron chi connectivity index (χ3n) is 4.49. The van der Waals surface area contributed by atoms with E-state index < -0.39 is 8.32 Å². The molecule has 0 bridgehead atoms. The normalized spacial score (nSPS) is 23.4. The number of hydrogen-bond acceptors (Lipinski definition) is 1. The van der Waals surface area contributed by atoms with Crippen molar-refractivity contribution in [2.24, 2.45) is 0 Å². The van der Waals surface area contributed by atoms with Gasteiger partial charge in [0.05, 0.1) is 6.10 Å². The molecule has 104 valence electrons. The van der Waals surface area contributed by atoms with Crippen molar-refractivity contribution in [3.05, 3.63) is 46.1 Å². The van der Waals surface area contributed by atoms with Gasteiger partial charge in [0.25, 0.3) is 0 Å². The van der Waals surface area contributed by atoms with Crippen LogP contribution in [0.5, 0.6) is 0 Å². The fraction of sp³-hybridized carbons (Fsp3) is 0.529. The second-order valence-corrected chi connectivity index (χ2v) is 11.3. The molecule has 0 heterocycles. The van der Waals surface area contributed by atoms with E-state index in [2.05, 4.69) is 65.9 Å². The molecule has 2 rings (SSSR count). The van der Waals surface area contributed by atoms with E-state index in [1.54, 1.807) is 0 Å². The average Bonchev–Trinajstić information content (AvgIpc) is 2.65. The third kappa shape index (κ3) is 2.70. The third-order valence-corrected chi connectivity index (χ3v) is 8.12. The highest BCUT2D eigenvalue weighted by Gasteiger charge is 2.34. The molecule has 0 spiro atoms. The van der Waals surface area contributed by atoms with E-state index in [0.717, 1.165) is 0 Å². The molecule has 2 aliphatic carbocycles. The summed E-state index contributed by atoms with van der Waals surface area (Å²) >= 11 is 0. The Balaban J connectivity index is 2.33. The van der Waals surface area contributed by atoms with E-state index in [1.165, 1.54) is 27.9 Å². The lowest BCUT2D eigenvalue weighted by atomic mass is 9.89. The molecule has 19 heavy (non-hydrogen) atoms. The van der Waals surface area contributed by atoms with Gasteiger partial charge in [0, 0.05) is 0 Å². The highest BCUT2D eigenvalue weighted by molar-refractivity contribution is 6.72. The van der Waals surface area contributed by atoms with Crippen LogP contribution < -0.4 is 0 Å². The number of hydrogen-bond donors (Lipinski definition) is 0. The lowest BCUT2D eigenvalue weighted by Gasteiger charge is -2.35. The summed E-state index contributed by atoms with van der Waals surface area (Å²) in [4.78, 5) is 0. The Bertz CT molecular complexity index is 515. The first-order chi connectivity index (χ1) is 8.72. The molecule has 2 aliphatic rings. The molecule has 2 heteroatoms. The molecule has 0 aromatic heterocycles. The van der Waals surface area contributed by atoms with Crippen LogP contribution in [-0.4, -0.2) is 14.4 Å². The van der Waals surface area contributed by atoms with Gasteiger partial charge < -0.3 is 4.43 Å². The van der Waals surface area contributed by atoms with Gasteiger partial charge in [0.2, 0.25) is 0 Å². The second kappa shape index (κ2) is 4.91. The maximum absolute atomic E-state index is 6.56. The van der Waals surface area contributed by atoms with E-state index >= 15 is 0 Å². The van der Waals surface area contributed by atoms with Crippen LogP contribution in [0, 0.1) is 0 Å². The standard InChI is InChI=1S/C17H26OSi/c1-11(2)19(6,7)18-17-13(4)10-15-8-12(3)9-16(15)14(17)5/h8-11,17H,1-7H3. The van der Waals surface area contributed by atoms with Crippen LogP contribution in [0.15, 0.2) is 46.1 Å². The second-order valence-electron chi connectivity index (χ2n) is 6.73. The van der Waals surface area contributed by atoms with Crippen molar-refractivity contribution in [2.75, 3.05) is 0 Å². The van der Waals surface area contributed by atoms with Gasteiger partial charge in [-0.05, 0) is 67.3 Å². The van der Waals surface area contributed by atoms with Crippen molar-refractivity contribution in [2.45, 2.75) is 59.4 Å². The van der Waals surface area contributed by atoms with Crippen LogP contribution >= 0.6 is 0 Å². The van der Waals surface area contributed by atoms with Gasteiger partial charge in [-0.2, -0.15) is 0 Å². The van der Waals surface area contributed by atoms with Crippen molar-refractivity contribution < 1.29 is 4.43 Å². The Morgan fingerprint density at radius 2 is 1.68 bits per heavy atom. The predicted molar refractivity (Wildman–Crippen MR) is 85.8 cm³/mol. The lowest BCUT2D eigenvalue weighted by molar-refractivity contribution is 0.254. The summed E-state index contributed by atoms with van der Waals surface area (Å²) in [5.41, 5.74) is 7.43. The van der Waals surface area contributed by atoms with Gasteiger partial charge in [0.15, 0.2) is 8.32 Å². The van der Waals surface area contributed by atoms with Crippen LogP contribution in [0.3, 0.4) is 0 Å². The van der Waals surface area contributed by atoms with Gasteiger partial charge in [-0.1, -0.05) is 32.1 Å². The zero-order valence-electron chi connectivity index (χ0n) is 13.3. The highest BCUT2D eigenvalue weighted by Crippen LogP contribution is 2.38. The van der Waals surface area contributed by atoms with Crippen molar-refractivity contribution >= 4 is 8.32 Å². The Morgan fingerprint density at radius 1 is 1.05 bits per heavy atom. The molecule has 0 amide bonds. The Kier molecular flexibility index (Phi) is 3.76. The molecule has 0 saturated carbocycles. The van der Waals surface area contributed by atoms with Gasteiger partial charge >= 0.3 is 0 Å². The maximum Gasteiger partial charge on any atom is 0.190 e. The van der Waals surface area contributed by atoms with Crippen molar-refractivity contribution in [3.63, 3.8) is 0 Å². The molecular weight excluding hydrogens is 248 g/mol. The quantitative estimate of drug-likeness (QED) is 0.647. The smallest absolute Gasteiger partial charge is 0.190 e. The van der Waals surface area contributed by atoms with Gasteiger partial charge in [-0.25, -0.2) is 0 Å². The SMILES string of the molecule is CC1=CC2=C(C)C(O[Si](C)(C)C(C)C)C(C)=CC2=C1. The Labute approximate surface area is 118 Å². The minimum Gasteiger partial charge on any atom is -0.407 e.